The fourth-order valence-electron chi connectivity index (χ4n) is 4.66. The van der Waals surface area contributed by atoms with Crippen LogP contribution in [0.2, 0.25) is 0 Å². The first-order valence-electron chi connectivity index (χ1n) is 10.4. The number of nitrogens with zero attached hydrogens (tertiary/aromatic N) is 3. The van der Waals surface area contributed by atoms with E-state index in [2.05, 4.69) is 0 Å². The molecule has 3 atom stereocenters. The molecule has 34 heavy (non-hydrogen) atoms. The zero-order valence-electron chi connectivity index (χ0n) is 19.1. The van der Waals surface area contributed by atoms with E-state index in [1.807, 2.05) is 6.07 Å². The number of benzene rings is 1. The molecule has 0 spiro atoms. The van der Waals surface area contributed by atoms with Gasteiger partial charge in [0.25, 0.3) is 5.91 Å². The quantitative estimate of drug-likeness (QED) is 0.246. The number of hydrogen-bond acceptors (Lipinski definition) is 8. The smallest absolute Gasteiger partial charge is 0.543 e. The maximum absolute atomic E-state index is 13.0. The number of ether oxygens (including phenoxy) is 2. The summed E-state index contributed by atoms with van der Waals surface area (Å²) in [7, 11) is 1.26. The zero-order chi connectivity index (χ0) is 23.9. The van der Waals surface area contributed by atoms with Crippen molar-refractivity contribution in [3.63, 3.8) is 0 Å². The van der Waals surface area contributed by atoms with E-state index in [4.69, 9.17) is 9.47 Å². The zero-order valence-corrected chi connectivity index (χ0v) is 21.1. The Morgan fingerprint density at radius 2 is 1.79 bits per heavy atom. The average Bonchev–Trinajstić information content (AvgIpc) is 3.13. The predicted molar refractivity (Wildman–Crippen MR) is 108 cm³/mol. The number of carbonyl (C=O) groups excluding carboxylic acids is 5. The standard InChI is InChI=1S/C22H23N3O8.Na/c1-12(26)32-11-15-14-8-9-24(18-16(14)25(19(18)27)17(15)20(28)29)21(30)23(2)22(31)33-10-13-6-4-3-5-7-13;/h3-7,14,16,18H,8-11H2,1-2H3,(H,28,29);/q;+1/p-1/t14?,16-,18+;/m1./s1. The predicted octanol–water partition coefficient (Wildman–Crippen LogP) is -3.14. The van der Waals surface area contributed by atoms with Gasteiger partial charge >= 0.3 is 47.7 Å². The van der Waals surface area contributed by atoms with Gasteiger partial charge in [-0.25, -0.2) is 14.5 Å². The Hall–Kier alpha value is -2.89. The van der Waals surface area contributed by atoms with Gasteiger partial charge in [-0.2, -0.15) is 0 Å². The maximum atomic E-state index is 13.0. The summed E-state index contributed by atoms with van der Waals surface area (Å²) in [6, 6.07) is 6.71. The Balaban J connectivity index is 0.00000324. The number of aliphatic carboxylic acids is 1. The second-order valence-corrected chi connectivity index (χ2v) is 8.06. The van der Waals surface area contributed by atoms with Crippen LogP contribution in [-0.4, -0.2) is 77.0 Å². The van der Waals surface area contributed by atoms with Crippen molar-refractivity contribution in [3.05, 3.63) is 47.2 Å². The number of carboxylic acid groups (broad SMARTS) is 1. The van der Waals surface area contributed by atoms with Gasteiger partial charge in [0.05, 0.1) is 17.7 Å². The normalized spacial score (nSPS) is 22.3. The summed E-state index contributed by atoms with van der Waals surface area (Å²) in [5.74, 6) is -3.10. The molecule has 2 saturated heterocycles. The molecule has 0 N–H and O–H groups in total. The molecule has 174 valence electrons. The molecular weight excluding hydrogens is 457 g/mol. The minimum atomic E-state index is -1.54. The van der Waals surface area contributed by atoms with Crippen LogP contribution < -0.4 is 34.7 Å². The van der Waals surface area contributed by atoms with Crippen LogP contribution in [0.5, 0.6) is 0 Å². The largest absolute Gasteiger partial charge is 1.00 e. The molecule has 3 heterocycles. The SMILES string of the molecule is CC(=O)OCC1=C(C(=O)[O-])N2C(=O)[C@@H]3[C@H]2C1CCN3C(=O)N(C)C(=O)OCc1ccccc1.[Na+]. The van der Waals surface area contributed by atoms with E-state index in [1.54, 1.807) is 24.3 Å². The van der Waals surface area contributed by atoms with Crippen LogP contribution in [-0.2, 0) is 30.5 Å². The molecular formula is C22H22N3NaO8. The number of β-lactam (4-membered cyclic amide) rings is 1. The van der Waals surface area contributed by atoms with Gasteiger partial charge in [-0.05, 0) is 17.6 Å². The fraction of sp³-hybridized carbons (Fsp3) is 0.409. The molecule has 2 fully saturated rings. The fourth-order valence-corrected chi connectivity index (χ4v) is 4.66. The van der Waals surface area contributed by atoms with Gasteiger partial charge in [-0.15, -0.1) is 0 Å². The van der Waals surface area contributed by atoms with E-state index in [0.29, 0.717) is 12.0 Å². The first-order valence-corrected chi connectivity index (χ1v) is 10.4. The van der Waals surface area contributed by atoms with E-state index in [-0.39, 0.29) is 60.9 Å². The number of rotatable bonds is 5. The Bertz CT molecular complexity index is 1060. The van der Waals surface area contributed by atoms with Crippen LogP contribution >= 0.6 is 0 Å². The van der Waals surface area contributed by atoms with Crippen molar-refractivity contribution < 1.29 is 68.1 Å². The minimum absolute atomic E-state index is 0. The summed E-state index contributed by atoms with van der Waals surface area (Å²) in [5, 5.41) is 11.7. The van der Waals surface area contributed by atoms with Crippen molar-refractivity contribution in [2.45, 2.75) is 32.0 Å². The molecule has 11 nitrogen and oxygen atoms in total. The Kier molecular flexibility index (Phi) is 7.69. The minimum Gasteiger partial charge on any atom is -0.543 e. The number of piperidine rings is 1. The van der Waals surface area contributed by atoms with Crippen LogP contribution in [0.25, 0.3) is 0 Å². The monoisotopic (exact) mass is 479 g/mol. The van der Waals surface area contributed by atoms with Crippen molar-refractivity contribution >= 4 is 30.0 Å². The van der Waals surface area contributed by atoms with E-state index in [9.17, 15) is 29.1 Å². The molecule has 0 saturated carbocycles. The molecule has 4 rings (SSSR count). The molecule has 0 aliphatic carbocycles. The third-order valence-corrected chi connectivity index (χ3v) is 6.17. The van der Waals surface area contributed by atoms with Crippen molar-refractivity contribution in [1.29, 1.82) is 0 Å². The summed E-state index contributed by atoms with van der Waals surface area (Å²) in [4.78, 5) is 64.3. The van der Waals surface area contributed by atoms with Crippen molar-refractivity contribution in [1.82, 2.24) is 14.7 Å². The molecule has 3 aliphatic heterocycles. The van der Waals surface area contributed by atoms with Gasteiger partial charge in [0.15, 0.2) is 0 Å². The molecule has 0 bridgehead atoms. The number of likely N-dealkylation sites (tertiary alicyclic amines) is 1. The molecule has 0 aromatic heterocycles. The number of urea groups is 1. The molecule has 12 heteroatoms. The van der Waals surface area contributed by atoms with Gasteiger partial charge in [0.2, 0.25) is 0 Å². The Labute approximate surface area is 217 Å². The number of amides is 4. The van der Waals surface area contributed by atoms with Gasteiger partial charge in [-0.3, -0.25) is 9.59 Å². The topological polar surface area (TPSA) is 137 Å². The number of carboxylic acids is 1. The van der Waals surface area contributed by atoms with Gasteiger partial charge in [0.1, 0.15) is 19.3 Å². The van der Waals surface area contributed by atoms with Gasteiger partial charge in [0, 0.05) is 26.4 Å². The van der Waals surface area contributed by atoms with Crippen molar-refractivity contribution in [2.75, 3.05) is 20.2 Å². The van der Waals surface area contributed by atoms with Gasteiger partial charge in [-0.1, -0.05) is 30.3 Å². The van der Waals surface area contributed by atoms with E-state index in [1.165, 1.54) is 18.9 Å². The molecule has 1 aromatic rings. The van der Waals surface area contributed by atoms with Crippen molar-refractivity contribution in [3.8, 4) is 0 Å². The van der Waals surface area contributed by atoms with Crippen LogP contribution in [0.3, 0.4) is 0 Å². The number of carbonyl (C=O) groups is 5. The molecule has 4 amide bonds. The molecule has 1 unspecified atom stereocenters. The van der Waals surface area contributed by atoms with E-state index in [0.717, 1.165) is 15.4 Å². The molecule has 3 aliphatic rings. The maximum Gasteiger partial charge on any atom is 1.00 e. The number of hydrogen-bond donors (Lipinski definition) is 0. The van der Waals surface area contributed by atoms with Crippen LogP contribution in [0.4, 0.5) is 9.59 Å². The van der Waals surface area contributed by atoms with Crippen LogP contribution in [0.1, 0.15) is 18.9 Å². The average molecular weight is 479 g/mol. The number of imide groups is 1. The Morgan fingerprint density at radius 3 is 2.41 bits per heavy atom. The molecule has 1 aromatic carbocycles. The summed E-state index contributed by atoms with van der Waals surface area (Å²) in [6.45, 7) is 1.03. The molecule has 0 radical (unpaired) electrons. The van der Waals surface area contributed by atoms with Crippen LogP contribution in [0.15, 0.2) is 41.6 Å². The summed E-state index contributed by atoms with van der Waals surface area (Å²) in [5.41, 5.74) is 0.746. The second kappa shape index (κ2) is 10.2. The first kappa shape index (κ1) is 25.7. The van der Waals surface area contributed by atoms with Gasteiger partial charge < -0.3 is 29.2 Å². The summed E-state index contributed by atoms with van der Waals surface area (Å²) < 4.78 is 10.2. The third-order valence-electron chi connectivity index (χ3n) is 6.17. The first-order chi connectivity index (χ1) is 15.7. The van der Waals surface area contributed by atoms with E-state index >= 15 is 0 Å². The third kappa shape index (κ3) is 4.42. The second-order valence-electron chi connectivity index (χ2n) is 8.06. The summed E-state index contributed by atoms with van der Waals surface area (Å²) in [6.07, 6.45) is -0.540. The van der Waals surface area contributed by atoms with E-state index < -0.39 is 42.1 Å². The Morgan fingerprint density at radius 1 is 1.12 bits per heavy atom. The van der Waals surface area contributed by atoms with Crippen LogP contribution in [0, 0.1) is 5.92 Å². The number of esters is 1. The summed E-state index contributed by atoms with van der Waals surface area (Å²) >= 11 is 0. The van der Waals surface area contributed by atoms with Crippen molar-refractivity contribution in [2.24, 2.45) is 5.92 Å².